The van der Waals surface area contributed by atoms with Crippen LogP contribution in [0.3, 0.4) is 0 Å². The SMILES string of the molecule is CCC(C[C@@H](C(N)=O)c1ccc(CC(C)C)cc1)N1CCCCC1.Cl. The minimum Gasteiger partial charge on any atom is -0.369 e. The van der Waals surface area contributed by atoms with Crippen LogP contribution in [0.1, 0.15) is 69.9 Å². The van der Waals surface area contributed by atoms with E-state index in [4.69, 9.17) is 5.73 Å². The van der Waals surface area contributed by atoms with Gasteiger partial charge in [-0.25, -0.2) is 0 Å². The third-order valence-corrected chi connectivity index (χ3v) is 5.26. The summed E-state index contributed by atoms with van der Waals surface area (Å²) in [5.41, 5.74) is 8.17. The zero-order chi connectivity index (χ0) is 17.5. The second-order valence-electron chi connectivity index (χ2n) is 7.69. The van der Waals surface area contributed by atoms with Crippen LogP contribution < -0.4 is 5.73 Å². The van der Waals surface area contributed by atoms with E-state index in [0.29, 0.717) is 12.0 Å². The molecule has 0 spiro atoms. The topological polar surface area (TPSA) is 46.3 Å². The number of rotatable bonds is 8. The van der Waals surface area contributed by atoms with E-state index in [1.807, 2.05) is 0 Å². The Kier molecular flexibility index (Phi) is 9.52. The van der Waals surface area contributed by atoms with Gasteiger partial charge in [0.25, 0.3) is 0 Å². The lowest BCUT2D eigenvalue weighted by Gasteiger charge is -2.35. The van der Waals surface area contributed by atoms with Crippen molar-refractivity contribution in [3.63, 3.8) is 0 Å². The molecule has 1 amide bonds. The van der Waals surface area contributed by atoms with Crippen molar-refractivity contribution in [2.75, 3.05) is 13.1 Å². The highest BCUT2D eigenvalue weighted by atomic mass is 35.5. The minimum absolute atomic E-state index is 0. The van der Waals surface area contributed by atoms with Crippen molar-refractivity contribution in [2.24, 2.45) is 11.7 Å². The molecule has 2 N–H and O–H groups in total. The van der Waals surface area contributed by atoms with Gasteiger partial charge in [-0.15, -0.1) is 12.4 Å². The first kappa shape index (κ1) is 22.0. The Morgan fingerprint density at radius 2 is 1.72 bits per heavy atom. The number of carbonyl (C=O) groups is 1. The van der Waals surface area contributed by atoms with Crippen LogP contribution in [0.2, 0.25) is 0 Å². The Bertz CT molecular complexity index is 509. The van der Waals surface area contributed by atoms with E-state index >= 15 is 0 Å². The van der Waals surface area contributed by atoms with Crippen molar-refractivity contribution in [2.45, 2.75) is 71.3 Å². The number of amides is 1. The van der Waals surface area contributed by atoms with E-state index in [-0.39, 0.29) is 24.2 Å². The van der Waals surface area contributed by atoms with Crippen LogP contribution >= 0.6 is 12.4 Å². The number of hydrogen-bond acceptors (Lipinski definition) is 2. The highest BCUT2D eigenvalue weighted by molar-refractivity contribution is 5.85. The molecule has 4 heteroatoms. The van der Waals surface area contributed by atoms with Gasteiger partial charge in [0.2, 0.25) is 5.91 Å². The number of nitrogens with two attached hydrogens (primary N) is 1. The number of halogens is 1. The quantitative estimate of drug-likeness (QED) is 0.734. The summed E-state index contributed by atoms with van der Waals surface area (Å²) in [6.07, 6.45) is 6.89. The van der Waals surface area contributed by atoms with E-state index in [1.165, 1.54) is 24.8 Å². The third kappa shape index (κ3) is 6.63. The van der Waals surface area contributed by atoms with Crippen molar-refractivity contribution in [1.82, 2.24) is 4.90 Å². The van der Waals surface area contributed by atoms with Gasteiger partial charge in [0.05, 0.1) is 5.92 Å². The molecule has 0 aromatic heterocycles. The standard InChI is InChI=1S/C21H34N2O.ClH/c1-4-19(23-12-6-5-7-13-23)15-20(21(22)24)18-10-8-17(9-11-18)14-16(2)3;/h8-11,16,19-20H,4-7,12-15H2,1-3H3,(H2,22,24);1H/t19?,20-;/m1./s1. The summed E-state index contributed by atoms with van der Waals surface area (Å²) in [4.78, 5) is 14.7. The van der Waals surface area contributed by atoms with E-state index in [9.17, 15) is 4.79 Å². The zero-order valence-electron chi connectivity index (χ0n) is 16.0. The van der Waals surface area contributed by atoms with Crippen LogP contribution in [-0.2, 0) is 11.2 Å². The Morgan fingerprint density at radius 3 is 2.20 bits per heavy atom. The molecule has 25 heavy (non-hydrogen) atoms. The van der Waals surface area contributed by atoms with Crippen LogP contribution in [0.25, 0.3) is 0 Å². The molecule has 1 aromatic carbocycles. The lowest BCUT2D eigenvalue weighted by atomic mass is 9.88. The monoisotopic (exact) mass is 366 g/mol. The molecular weight excluding hydrogens is 332 g/mol. The highest BCUT2D eigenvalue weighted by Gasteiger charge is 2.26. The molecule has 1 aromatic rings. The van der Waals surface area contributed by atoms with Crippen LogP contribution in [0, 0.1) is 5.92 Å². The summed E-state index contributed by atoms with van der Waals surface area (Å²) in [6.45, 7) is 9.01. The fourth-order valence-corrected chi connectivity index (χ4v) is 3.90. The molecule has 0 saturated carbocycles. The average molecular weight is 367 g/mol. The van der Waals surface area contributed by atoms with Gasteiger partial charge in [-0.3, -0.25) is 4.79 Å². The van der Waals surface area contributed by atoms with Gasteiger partial charge in [0, 0.05) is 6.04 Å². The van der Waals surface area contributed by atoms with Crippen LogP contribution in [0.5, 0.6) is 0 Å². The van der Waals surface area contributed by atoms with Crippen LogP contribution in [-0.4, -0.2) is 29.9 Å². The number of nitrogens with zero attached hydrogens (tertiary/aromatic N) is 1. The third-order valence-electron chi connectivity index (χ3n) is 5.26. The molecule has 1 fully saturated rings. The predicted octanol–water partition coefficient (Wildman–Crippen LogP) is 4.53. The molecule has 0 bridgehead atoms. The molecule has 2 rings (SSSR count). The maximum atomic E-state index is 12.1. The Morgan fingerprint density at radius 1 is 1.12 bits per heavy atom. The Labute approximate surface area is 159 Å². The van der Waals surface area contributed by atoms with Gasteiger partial charge in [-0.05, 0) is 62.2 Å². The van der Waals surface area contributed by atoms with Crippen LogP contribution in [0.4, 0.5) is 0 Å². The van der Waals surface area contributed by atoms with Gasteiger partial charge in [-0.1, -0.05) is 51.5 Å². The van der Waals surface area contributed by atoms with Crippen molar-refractivity contribution in [3.05, 3.63) is 35.4 Å². The van der Waals surface area contributed by atoms with E-state index in [0.717, 1.165) is 37.9 Å². The van der Waals surface area contributed by atoms with Gasteiger partial charge in [-0.2, -0.15) is 0 Å². The molecule has 1 aliphatic rings. The zero-order valence-corrected chi connectivity index (χ0v) is 16.9. The summed E-state index contributed by atoms with van der Waals surface area (Å²) in [7, 11) is 0. The summed E-state index contributed by atoms with van der Waals surface area (Å²) in [5, 5.41) is 0. The summed E-state index contributed by atoms with van der Waals surface area (Å²) >= 11 is 0. The molecule has 0 radical (unpaired) electrons. The molecule has 1 unspecified atom stereocenters. The van der Waals surface area contributed by atoms with Gasteiger partial charge >= 0.3 is 0 Å². The van der Waals surface area contributed by atoms with Gasteiger partial charge in [0.15, 0.2) is 0 Å². The molecule has 3 nitrogen and oxygen atoms in total. The molecule has 1 heterocycles. The molecule has 1 saturated heterocycles. The lowest BCUT2D eigenvalue weighted by Crippen LogP contribution is -2.41. The average Bonchev–Trinajstić information content (AvgIpc) is 2.57. The fraction of sp³-hybridized carbons (Fsp3) is 0.667. The minimum atomic E-state index is -0.193. The highest BCUT2D eigenvalue weighted by Crippen LogP contribution is 2.27. The van der Waals surface area contributed by atoms with Crippen molar-refractivity contribution in [3.8, 4) is 0 Å². The molecule has 142 valence electrons. The number of carbonyl (C=O) groups excluding carboxylic acids is 1. The first-order valence-corrected chi connectivity index (χ1v) is 9.63. The number of primary amides is 1. The molecule has 2 atom stereocenters. The lowest BCUT2D eigenvalue weighted by molar-refractivity contribution is -0.120. The largest absolute Gasteiger partial charge is 0.369 e. The molecule has 0 aliphatic carbocycles. The van der Waals surface area contributed by atoms with Crippen molar-refractivity contribution >= 4 is 18.3 Å². The van der Waals surface area contributed by atoms with Gasteiger partial charge < -0.3 is 10.6 Å². The Hall–Kier alpha value is -1.06. The number of likely N-dealkylation sites (tertiary alicyclic amines) is 1. The number of hydrogen-bond donors (Lipinski definition) is 1. The maximum Gasteiger partial charge on any atom is 0.225 e. The summed E-state index contributed by atoms with van der Waals surface area (Å²) in [6, 6.07) is 8.99. The summed E-state index contributed by atoms with van der Waals surface area (Å²) < 4.78 is 0. The first-order valence-electron chi connectivity index (χ1n) is 9.63. The van der Waals surface area contributed by atoms with Crippen LogP contribution in [0.15, 0.2) is 24.3 Å². The first-order chi connectivity index (χ1) is 11.5. The van der Waals surface area contributed by atoms with Gasteiger partial charge in [0.1, 0.15) is 0 Å². The van der Waals surface area contributed by atoms with E-state index in [2.05, 4.69) is 49.9 Å². The Balaban J connectivity index is 0.00000312. The maximum absolute atomic E-state index is 12.1. The molecule has 1 aliphatic heterocycles. The predicted molar refractivity (Wildman–Crippen MR) is 108 cm³/mol. The second-order valence-corrected chi connectivity index (χ2v) is 7.69. The molecular formula is C21H35ClN2O. The number of benzene rings is 1. The summed E-state index contributed by atoms with van der Waals surface area (Å²) in [5.74, 6) is 0.276. The van der Waals surface area contributed by atoms with Crippen molar-refractivity contribution in [1.29, 1.82) is 0 Å². The second kappa shape index (κ2) is 10.8. The smallest absolute Gasteiger partial charge is 0.225 e. The van der Waals surface area contributed by atoms with Crippen molar-refractivity contribution < 1.29 is 4.79 Å². The fourth-order valence-electron chi connectivity index (χ4n) is 3.90. The normalized spacial score (nSPS) is 17.8. The van der Waals surface area contributed by atoms with E-state index < -0.39 is 0 Å². The number of piperidine rings is 1. The van der Waals surface area contributed by atoms with E-state index in [1.54, 1.807) is 0 Å².